The summed E-state index contributed by atoms with van der Waals surface area (Å²) in [4.78, 5) is 25.3. The largest absolute Gasteiger partial charge is 0.352 e. The first kappa shape index (κ1) is 21.0. The van der Waals surface area contributed by atoms with Crippen molar-refractivity contribution in [3.8, 4) is 11.3 Å². The first-order valence-electron chi connectivity index (χ1n) is 10.0. The lowest BCUT2D eigenvalue weighted by molar-refractivity contribution is -0.122. The number of carbonyl (C=O) groups excluding carboxylic acids is 1. The molecule has 0 bridgehead atoms. The number of halogens is 1. The van der Waals surface area contributed by atoms with Crippen LogP contribution in [0, 0.1) is 0 Å². The van der Waals surface area contributed by atoms with Gasteiger partial charge in [0.05, 0.1) is 5.69 Å². The molecule has 8 heteroatoms. The fourth-order valence-corrected chi connectivity index (χ4v) is 3.63. The quantitative estimate of drug-likeness (QED) is 0.440. The molecular weight excluding hydrogens is 458 g/mol. The number of aromatic nitrogens is 4. The van der Waals surface area contributed by atoms with Gasteiger partial charge in [0.15, 0.2) is 0 Å². The van der Waals surface area contributed by atoms with Crippen molar-refractivity contribution in [1.29, 1.82) is 0 Å². The Balaban J connectivity index is 1.43. The Bertz CT molecular complexity index is 1250. The molecule has 0 spiro atoms. The minimum atomic E-state index is -0.356. The summed E-state index contributed by atoms with van der Waals surface area (Å²) in [6.07, 6.45) is 3.14. The van der Waals surface area contributed by atoms with Crippen LogP contribution in [0.2, 0.25) is 0 Å². The third-order valence-electron chi connectivity index (χ3n) is 5.04. The molecule has 0 aliphatic carbocycles. The number of hydrogen-bond acceptors (Lipinski definition) is 4. The van der Waals surface area contributed by atoms with E-state index < -0.39 is 0 Å². The van der Waals surface area contributed by atoms with Crippen LogP contribution in [0.5, 0.6) is 0 Å². The van der Waals surface area contributed by atoms with Crippen LogP contribution in [-0.2, 0) is 17.8 Å². The summed E-state index contributed by atoms with van der Waals surface area (Å²) < 4.78 is 3.58. The maximum absolute atomic E-state index is 12.8. The fourth-order valence-electron chi connectivity index (χ4n) is 3.37. The van der Waals surface area contributed by atoms with E-state index in [1.54, 1.807) is 6.07 Å². The van der Waals surface area contributed by atoms with Gasteiger partial charge in [0.25, 0.3) is 5.56 Å². The maximum atomic E-state index is 12.8. The molecule has 2 aromatic carbocycles. The number of nitrogens with one attached hydrogen (secondary N) is 1. The van der Waals surface area contributed by atoms with Crippen molar-refractivity contribution >= 4 is 27.4 Å². The number of carbonyl (C=O) groups is 1. The van der Waals surface area contributed by atoms with Gasteiger partial charge in [0.2, 0.25) is 5.91 Å². The Morgan fingerprint density at radius 1 is 1.13 bits per heavy atom. The number of fused-ring (bicyclic) bond motifs is 1. The van der Waals surface area contributed by atoms with Crippen LogP contribution in [0.3, 0.4) is 0 Å². The van der Waals surface area contributed by atoms with Crippen LogP contribution in [0.1, 0.15) is 18.9 Å². The summed E-state index contributed by atoms with van der Waals surface area (Å²) in [5.41, 5.74) is 2.81. The van der Waals surface area contributed by atoms with Gasteiger partial charge in [-0.15, -0.1) is 0 Å². The molecule has 1 N–H and O–H groups in total. The molecule has 4 rings (SSSR count). The lowest BCUT2D eigenvalue weighted by atomic mass is 10.1. The third-order valence-corrected chi connectivity index (χ3v) is 5.57. The highest BCUT2D eigenvalue weighted by atomic mass is 79.9. The van der Waals surface area contributed by atoms with Crippen molar-refractivity contribution in [1.82, 2.24) is 24.7 Å². The van der Waals surface area contributed by atoms with E-state index in [4.69, 9.17) is 0 Å². The Kier molecular flexibility index (Phi) is 6.27. The molecule has 4 aromatic rings. The topological polar surface area (TPSA) is 81.3 Å². The standard InChI is InChI=1S/C23H22BrN5O2/c1-16(7-8-17-5-3-2-4-6-17)26-22(30)14-28-23(31)21-13-20(27-29(21)15-25-28)18-9-11-19(24)12-10-18/h2-6,9-13,15-16H,7-8,14H2,1H3,(H,26,30)/t16-/m0/s1. The lowest BCUT2D eigenvalue weighted by Crippen LogP contribution is -2.38. The monoisotopic (exact) mass is 479 g/mol. The smallest absolute Gasteiger partial charge is 0.293 e. The molecule has 0 saturated carbocycles. The van der Waals surface area contributed by atoms with Crippen LogP contribution in [0.15, 0.2) is 76.3 Å². The van der Waals surface area contributed by atoms with Crippen molar-refractivity contribution in [3.63, 3.8) is 0 Å². The predicted octanol–water partition coefficient (Wildman–Crippen LogP) is 3.46. The van der Waals surface area contributed by atoms with Crippen LogP contribution >= 0.6 is 15.9 Å². The van der Waals surface area contributed by atoms with E-state index in [1.807, 2.05) is 49.4 Å². The van der Waals surface area contributed by atoms with Crippen LogP contribution in [-0.4, -0.2) is 31.3 Å². The second kappa shape index (κ2) is 9.26. The van der Waals surface area contributed by atoms with E-state index >= 15 is 0 Å². The molecule has 0 saturated heterocycles. The van der Waals surface area contributed by atoms with Crippen molar-refractivity contribution < 1.29 is 4.79 Å². The van der Waals surface area contributed by atoms with Crippen LogP contribution < -0.4 is 10.9 Å². The molecular formula is C23H22BrN5O2. The molecule has 0 fully saturated rings. The normalized spacial score (nSPS) is 12.1. The number of hydrogen-bond donors (Lipinski definition) is 1. The Labute approximate surface area is 187 Å². The van der Waals surface area contributed by atoms with E-state index in [2.05, 4.69) is 43.6 Å². The van der Waals surface area contributed by atoms with Gasteiger partial charge in [-0.05, 0) is 43.5 Å². The molecule has 7 nitrogen and oxygen atoms in total. The number of benzene rings is 2. The summed E-state index contributed by atoms with van der Waals surface area (Å²) in [6.45, 7) is 1.82. The van der Waals surface area contributed by atoms with E-state index in [-0.39, 0.29) is 24.1 Å². The molecule has 2 heterocycles. The molecule has 31 heavy (non-hydrogen) atoms. The zero-order valence-electron chi connectivity index (χ0n) is 17.0. The lowest BCUT2D eigenvalue weighted by Gasteiger charge is -2.14. The molecule has 0 aliphatic heterocycles. The van der Waals surface area contributed by atoms with Gasteiger partial charge in [-0.2, -0.15) is 10.2 Å². The number of rotatable bonds is 7. The predicted molar refractivity (Wildman–Crippen MR) is 123 cm³/mol. The SMILES string of the molecule is C[C@@H](CCc1ccccc1)NC(=O)Cn1ncn2nc(-c3ccc(Br)cc3)cc2c1=O. The fraction of sp³-hybridized carbons (Fsp3) is 0.217. The average Bonchev–Trinajstić information content (AvgIpc) is 3.21. The van der Waals surface area contributed by atoms with Crippen LogP contribution in [0.4, 0.5) is 0 Å². The van der Waals surface area contributed by atoms with Gasteiger partial charge in [-0.25, -0.2) is 9.20 Å². The van der Waals surface area contributed by atoms with Crippen molar-refractivity contribution in [2.75, 3.05) is 0 Å². The maximum Gasteiger partial charge on any atom is 0.293 e. The summed E-state index contributed by atoms with van der Waals surface area (Å²) in [5, 5.41) is 11.5. The summed E-state index contributed by atoms with van der Waals surface area (Å²) >= 11 is 3.41. The van der Waals surface area contributed by atoms with Crippen LogP contribution in [0.25, 0.3) is 16.8 Å². The van der Waals surface area contributed by atoms with Gasteiger partial charge in [0.1, 0.15) is 18.4 Å². The van der Waals surface area contributed by atoms with Gasteiger partial charge in [0, 0.05) is 16.1 Å². The zero-order chi connectivity index (χ0) is 21.8. The van der Waals surface area contributed by atoms with E-state index in [1.165, 1.54) is 21.1 Å². The Hall–Kier alpha value is -3.26. The highest BCUT2D eigenvalue weighted by Gasteiger charge is 2.14. The van der Waals surface area contributed by atoms with Crippen molar-refractivity contribution in [3.05, 3.63) is 87.4 Å². The van der Waals surface area contributed by atoms with E-state index in [0.29, 0.717) is 11.2 Å². The summed E-state index contributed by atoms with van der Waals surface area (Å²) in [5.74, 6) is -0.243. The van der Waals surface area contributed by atoms with Gasteiger partial charge in [-0.3, -0.25) is 9.59 Å². The molecule has 0 unspecified atom stereocenters. The van der Waals surface area contributed by atoms with Gasteiger partial charge in [-0.1, -0.05) is 58.4 Å². The molecule has 0 aliphatic rings. The summed E-state index contributed by atoms with van der Waals surface area (Å²) in [7, 11) is 0. The second-order valence-corrected chi connectivity index (χ2v) is 8.37. The minimum absolute atomic E-state index is 0.00823. The Morgan fingerprint density at radius 3 is 2.61 bits per heavy atom. The second-order valence-electron chi connectivity index (χ2n) is 7.45. The highest BCUT2D eigenvalue weighted by Crippen LogP contribution is 2.20. The molecule has 1 atom stereocenters. The van der Waals surface area contributed by atoms with E-state index in [9.17, 15) is 9.59 Å². The summed E-state index contributed by atoms with van der Waals surface area (Å²) in [6, 6.07) is 19.5. The highest BCUT2D eigenvalue weighted by molar-refractivity contribution is 9.10. The first-order chi connectivity index (χ1) is 15.0. The zero-order valence-corrected chi connectivity index (χ0v) is 18.6. The van der Waals surface area contributed by atoms with Gasteiger partial charge < -0.3 is 5.32 Å². The molecule has 0 radical (unpaired) electrons. The van der Waals surface area contributed by atoms with Crippen molar-refractivity contribution in [2.24, 2.45) is 0 Å². The average molecular weight is 480 g/mol. The molecule has 1 amide bonds. The molecule has 2 aromatic heterocycles. The first-order valence-corrected chi connectivity index (χ1v) is 10.8. The number of amides is 1. The van der Waals surface area contributed by atoms with Gasteiger partial charge >= 0.3 is 0 Å². The third kappa shape index (κ3) is 5.08. The number of nitrogens with zero attached hydrogens (tertiary/aromatic N) is 4. The van der Waals surface area contributed by atoms with E-state index in [0.717, 1.165) is 22.9 Å². The van der Waals surface area contributed by atoms with Crippen molar-refractivity contribution in [2.45, 2.75) is 32.4 Å². The Morgan fingerprint density at radius 2 is 1.87 bits per heavy atom. The number of aryl methyl sites for hydroxylation is 1. The minimum Gasteiger partial charge on any atom is -0.352 e. The molecule has 158 valence electrons.